The van der Waals surface area contributed by atoms with Crippen LogP contribution in [0.15, 0.2) is 12.1 Å². The first-order valence-electron chi connectivity index (χ1n) is 4.23. The zero-order valence-electron chi connectivity index (χ0n) is 7.31. The zero-order valence-corrected chi connectivity index (χ0v) is 7.31. The van der Waals surface area contributed by atoms with Crippen LogP contribution < -0.4 is 0 Å². The van der Waals surface area contributed by atoms with Gasteiger partial charge in [-0.05, 0) is 30.2 Å². The quantitative estimate of drug-likeness (QED) is 0.642. The van der Waals surface area contributed by atoms with E-state index in [0.29, 0.717) is 24.2 Å². The second-order valence-corrected chi connectivity index (χ2v) is 3.35. The summed E-state index contributed by atoms with van der Waals surface area (Å²) in [4.78, 5) is 0. The Bertz CT molecular complexity index is 332. The fraction of sp³-hybridized carbons (Fsp3) is 0.400. The molecule has 1 aromatic rings. The Morgan fingerprint density at radius 1 is 1.38 bits per heavy atom. The highest BCUT2D eigenvalue weighted by atomic mass is 19.1. The van der Waals surface area contributed by atoms with Gasteiger partial charge in [0, 0.05) is 6.42 Å². The van der Waals surface area contributed by atoms with E-state index < -0.39 is 0 Å². The van der Waals surface area contributed by atoms with Gasteiger partial charge in [-0.1, -0.05) is 0 Å². The smallest absolute Gasteiger partial charge is 0.126 e. The second-order valence-electron chi connectivity index (χ2n) is 3.35. The van der Waals surface area contributed by atoms with Gasteiger partial charge in [0.1, 0.15) is 11.6 Å². The first-order valence-corrected chi connectivity index (χ1v) is 4.23. The fourth-order valence-electron chi connectivity index (χ4n) is 1.28. The number of epoxide rings is 1. The van der Waals surface area contributed by atoms with Crippen LogP contribution in [0, 0.1) is 18.6 Å². The molecule has 1 heterocycles. The summed E-state index contributed by atoms with van der Waals surface area (Å²) in [5, 5.41) is 0. The Balaban J connectivity index is 2.27. The molecule has 1 nitrogen and oxygen atoms in total. The number of rotatable bonds is 2. The predicted molar refractivity (Wildman–Crippen MR) is 44.5 cm³/mol. The Morgan fingerprint density at radius 3 is 2.69 bits per heavy atom. The van der Waals surface area contributed by atoms with Gasteiger partial charge < -0.3 is 4.74 Å². The SMILES string of the molecule is Cc1cc(F)c(CC2CO2)cc1F. The van der Waals surface area contributed by atoms with Crippen molar-refractivity contribution in [2.45, 2.75) is 19.4 Å². The van der Waals surface area contributed by atoms with Crippen LogP contribution in [0.25, 0.3) is 0 Å². The number of benzene rings is 1. The minimum absolute atomic E-state index is 0.0941. The van der Waals surface area contributed by atoms with Crippen LogP contribution >= 0.6 is 0 Å². The van der Waals surface area contributed by atoms with Crippen LogP contribution in [-0.4, -0.2) is 12.7 Å². The second kappa shape index (κ2) is 3.07. The monoisotopic (exact) mass is 184 g/mol. The molecule has 0 amide bonds. The number of ether oxygens (including phenoxy) is 1. The number of hydrogen-bond donors (Lipinski definition) is 0. The summed E-state index contributed by atoms with van der Waals surface area (Å²) in [7, 11) is 0. The Hall–Kier alpha value is -0.960. The van der Waals surface area contributed by atoms with Crippen molar-refractivity contribution in [1.82, 2.24) is 0 Å². The molecule has 0 spiro atoms. The molecule has 1 saturated heterocycles. The zero-order chi connectivity index (χ0) is 9.42. The molecule has 0 bridgehead atoms. The van der Waals surface area contributed by atoms with E-state index in [4.69, 9.17) is 4.74 Å². The summed E-state index contributed by atoms with van der Waals surface area (Å²) in [6.07, 6.45) is 0.569. The summed E-state index contributed by atoms with van der Waals surface area (Å²) >= 11 is 0. The number of hydrogen-bond acceptors (Lipinski definition) is 1. The van der Waals surface area contributed by atoms with Crippen molar-refractivity contribution in [2.24, 2.45) is 0 Å². The van der Waals surface area contributed by atoms with Gasteiger partial charge >= 0.3 is 0 Å². The van der Waals surface area contributed by atoms with Crippen LogP contribution in [0.4, 0.5) is 8.78 Å². The average Bonchev–Trinajstić information content (AvgIpc) is 2.84. The standard InChI is InChI=1S/C10H10F2O/c1-6-2-10(12)7(4-9(6)11)3-8-5-13-8/h2,4,8H,3,5H2,1H3. The van der Waals surface area contributed by atoms with Crippen molar-refractivity contribution < 1.29 is 13.5 Å². The average molecular weight is 184 g/mol. The van der Waals surface area contributed by atoms with Gasteiger partial charge in [-0.3, -0.25) is 0 Å². The summed E-state index contributed by atoms with van der Waals surface area (Å²) in [6.45, 7) is 2.21. The minimum Gasteiger partial charge on any atom is -0.373 e. The lowest BCUT2D eigenvalue weighted by atomic mass is 10.1. The molecule has 1 aliphatic rings. The Morgan fingerprint density at radius 2 is 2.08 bits per heavy atom. The maximum atomic E-state index is 13.2. The predicted octanol–water partition coefficient (Wildman–Crippen LogP) is 2.21. The largest absolute Gasteiger partial charge is 0.373 e. The molecule has 0 radical (unpaired) electrons. The molecular weight excluding hydrogens is 174 g/mol. The van der Waals surface area contributed by atoms with Gasteiger partial charge in [0.25, 0.3) is 0 Å². The van der Waals surface area contributed by atoms with Gasteiger partial charge in [0.05, 0.1) is 12.7 Å². The van der Waals surface area contributed by atoms with Crippen molar-refractivity contribution in [2.75, 3.05) is 6.61 Å². The molecule has 3 heteroatoms. The fourth-order valence-corrected chi connectivity index (χ4v) is 1.28. The number of halogens is 2. The molecule has 1 atom stereocenters. The summed E-state index contributed by atoms with van der Waals surface area (Å²) < 4.78 is 31.2. The van der Waals surface area contributed by atoms with Gasteiger partial charge in [-0.2, -0.15) is 0 Å². The van der Waals surface area contributed by atoms with Crippen molar-refractivity contribution >= 4 is 0 Å². The third-order valence-electron chi connectivity index (χ3n) is 2.18. The molecule has 1 fully saturated rings. The lowest BCUT2D eigenvalue weighted by molar-refractivity contribution is 0.404. The Kier molecular flexibility index (Phi) is 2.04. The van der Waals surface area contributed by atoms with E-state index in [1.54, 1.807) is 6.92 Å². The van der Waals surface area contributed by atoms with E-state index in [0.717, 1.165) is 0 Å². The maximum Gasteiger partial charge on any atom is 0.126 e. The normalized spacial score (nSPS) is 20.4. The van der Waals surface area contributed by atoms with E-state index in [1.165, 1.54) is 12.1 Å². The van der Waals surface area contributed by atoms with Crippen molar-refractivity contribution in [3.05, 3.63) is 34.9 Å². The van der Waals surface area contributed by atoms with Crippen LogP contribution in [0.2, 0.25) is 0 Å². The van der Waals surface area contributed by atoms with Crippen LogP contribution in [0.5, 0.6) is 0 Å². The molecule has 1 unspecified atom stereocenters. The topological polar surface area (TPSA) is 12.5 Å². The highest BCUT2D eigenvalue weighted by Crippen LogP contribution is 2.20. The molecular formula is C10H10F2O. The van der Waals surface area contributed by atoms with E-state index in [2.05, 4.69) is 0 Å². The van der Waals surface area contributed by atoms with Crippen molar-refractivity contribution in [3.63, 3.8) is 0 Å². The van der Waals surface area contributed by atoms with E-state index >= 15 is 0 Å². The molecule has 1 aliphatic heterocycles. The summed E-state index contributed by atoms with van der Waals surface area (Å²) in [5.41, 5.74) is 0.753. The first-order chi connectivity index (χ1) is 6.16. The van der Waals surface area contributed by atoms with E-state index in [-0.39, 0.29) is 17.7 Å². The van der Waals surface area contributed by atoms with Crippen LogP contribution in [-0.2, 0) is 11.2 Å². The summed E-state index contributed by atoms with van der Waals surface area (Å²) in [5.74, 6) is -0.688. The Labute approximate surface area is 75.3 Å². The van der Waals surface area contributed by atoms with Crippen LogP contribution in [0.3, 0.4) is 0 Å². The number of aryl methyl sites for hydroxylation is 1. The molecule has 0 aliphatic carbocycles. The molecule has 0 aromatic heterocycles. The first kappa shape index (κ1) is 8.63. The molecule has 70 valence electrons. The van der Waals surface area contributed by atoms with Gasteiger partial charge in [0.2, 0.25) is 0 Å². The third kappa shape index (κ3) is 1.86. The van der Waals surface area contributed by atoms with Crippen molar-refractivity contribution in [1.29, 1.82) is 0 Å². The van der Waals surface area contributed by atoms with Gasteiger partial charge in [0.15, 0.2) is 0 Å². The molecule has 0 N–H and O–H groups in total. The van der Waals surface area contributed by atoms with E-state index in [9.17, 15) is 8.78 Å². The molecule has 13 heavy (non-hydrogen) atoms. The lowest BCUT2D eigenvalue weighted by Gasteiger charge is -2.03. The van der Waals surface area contributed by atoms with Crippen LogP contribution in [0.1, 0.15) is 11.1 Å². The molecule has 0 saturated carbocycles. The van der Waals surface area contributed by atoms with Gasteiger partial charge in [-0.15, -0.1) is 0 Å². The maximum absolute atomic E-state index is 13.2. The highest BCUT2D eigenvalue weighted by molar-refractivity contribution is 5.26. The minimum atomic E-state index is -0.350. The van der Waals surface area contributed by atoms with Crippen molar-refractivity contribution in [3.8, 4) is 0 Å². The summed E-state index contributed by atoms with van der Waals surface area (Å²) in [6, 6.07) is 2.49. The highest BCUT2D eigenvalue weighted by Gasteiger charge is 2.24. The van der Waals surface area contributed by atoms with E-state index in [1.807, 2.05) is 0 Å². The third-order valence-corrected chi connectivity index (χ3v) is 2.18. The molecule has 1 aromatic carbocycles. The lowest BCUT2D eigenvalue weighted by Crippen LogP contribution is -1.99. The molecule has 2 rings (SSSR count). The van der Waals surface area contributed by atoms with Gasteiger partial charge in [-0.25, -0.2) is 8.78 Å².